The van der Waals surface area contributed by atoms with Gasteiger partial charge in [0.2, 0.25) is 0 Å². The Labute approximate surface area is 195 Å². The van der Waals surface area contributed by atoms with Crippen molar-refractivity contribution in [3.63, 3.8) is 0 Å². The Morgan fingerprint density at radius 3 is 1.82 bits per heavy atom. The van der Waals surface area contributed by atoms with Crippen LogP contribution < -0.4 is 9.47 Å². The van der Waals surface area contributed by atoms with E-state index in [1.807, 2.05) is 91.0 Å². The second-order valence-corrected chi connectivity index (χ2v) is 7.75. The van der Waals surface area contributed by atoms with Gasteiger partial charge < -0.3 is 14.3 Å². The molecule has 4 nitrogen and oxygen atoms in total. The predicted molar refractivity (Wildman–Crippen MR) is 132 cm³/mol. The van der Waals surface area contributed by atoms with Crippen LogP contribution in [0.2, 0.25) is 0 Å². The van der Waals surface area contributed by atoms with Gasteiger partial charge in [0.15, 0.2) is 11.5 Å². The quantitative estimate of drug-likeness (QED) is 0.205. The third-order valence-electron chi connectivity index (χ3n) is 5.07. The molecule has 0 spiro atoms. The highest BCUT2D eigenvalue weighted by Crippen LogP contribution is 2.29. The van der Waals surface area contributed by atoms with Crippen molar-refractivity contribution in [2.24, 2.45) is 5.16 Å². The van der Waals surface area contributed by atoms with Gasteiger partial charge in [-0.15, -0.1) is 0 Å². The van der Waals surface area contributed by atoms with Gasteiger partial charge in [0, 0.05) is 5.56 Å². The second-order valence-electron chi connectivity index (χ2n) is 7.75. The van der Waals surface area contributed by atoms with E-state index in [0.717, 1.165) is 22.3 Å². The van der Waals surface area contributed by atoms with Gasteiger partial charge >= 0.3 is 0 Å². The molecular weight excluding hydrogens is 410 g/mol. The molecule has 0 aromatic heterocycles. The molecule has 33 heavy (non-hydrogen) atoms. The van der Waals surface area contributed by atoms with Gasteiger partial charge in [0.05, 0.1) is 6.21 Å². The van der Waals surface area contributed by atoms with E-state index >= 15 is 0 Å². The van der Waals surface area contributed by atoms with Gasteiger partial charge in [0.1, 0.15) is 19.8 Å². The highest BCUT2D eigenvalue weighted by atomic mass is 16.6. The van der Waals surface area contributed by atoms with Crippen molar-refractivity contribution < 1.29 is 14.3 Å². The lowest BCUT2D eigenvalue weighted by atomic mass is 10.2. The summed E-state index contributed by atoms with van der Waals surface area (Å²) in [6, 6.07) is 34.1. The molecule has 0 fully saturated rings. The third kappa shape index (κ3) is 6.97. The van der Waals surface area contributed by atoms with E-state index in [2.05, 4.69) is 24.2 Å². The van der Waals surface area contributed by atoms with Crippen LogP contribution >= 0.6 is 0 Å². The van der Waals surface area contributed by atoms with Crippen LogP contribution in [0.25, 0.3) is 0 Å². The molecule has 0 aliphatic rings. The highest BCUT2D eigenvalue weighted by Gasteiger charge is 2.08. The maximum atomic E-state index is 6.11. The molecule has 0 aliphatic carbocycles. The number of hydrogen-bond acceptors (Lipinski definition) is 4. The van der Waals surface area contributed by atoms with E-state index in [1.54, 1.807) is 6.21 Å². The van der Waals surface area contributed by atoms with Crippen LogP contribution in [0.5, 0.6) is 11.5 Å². The molecule has 4 heteroatoms. The average Bonchev–Trinajstić information content (AvgIpc) is 2.87. The smallest absolute Gasteiger partial charge is 0.162 e. The van der Waals surface area contributed by atoms with Crippen LogP contribution in [0.15, 0.2) is 108 Å². The number of nitrogens with zero attached hydrogens (tertiary/aromatic N) is 1. The Morgan fingerprint density at radius 2 is 1.18 bits per heavy atom. The van der Waals surface area contributed by atoms with Crippen molar-refractivity contribution in [2.75, 3.05) is 0 Å². The zero-order valence-electron chi connectivity index (χ0n) is 18.7. The summed E-state index contributed by atoms with van der Waals surface area (Å²) in [7, 11) is 0. The molecule has 0 radical (unpaired) electrons. The Bertz CT molecular complexity index is 1160. The Kier molecular flexibility index (Phi) is 7.74. The van der Waals surface area contributed by atoms with Crippen molar-refractivity contribution in [3.8, 4) is 11.5 Å². The number of oxime groups is 1. The number of hydrogen-bond donors (Lipinski definition) is 0. The fourth-order valence-corrected chi connectivity index (χ4v) is 3.20. The fraction of sp³-hybridized carbons (Fsp3) is 0.138. The fourth-order valence-electron chi connectivity index (χ4n) is 3.20. The van der Waals surface area contributed by atoms with Crippen molar-refractivity contribution in [1.29, 1.82) is 0 Å². The summed E-state index contributed by atoms with van der Waals surface area (Å²) in [6.45, 7) is 3.41. The first-order valence-corrected chi connectivity index (χ1v) is 10.9. The molecule has 0 atom stereocenters. The molecular formula is C29H27NO3. The Hall–Kier alpha value is -4.05. The van der Waals surface area contributed by atoms with Crippen LogP contribution in [0.1, 0.15) is 27.8 Å². The maximum Gasteiger partial charge on any atom is 0.162 e. The molecule has 0 heterocycles. The van der Waals surface area contributed by atoms with E-state index < -0.39 is 0 Å². The summed E-state index contributed by atoms with van der Waals surface area (Å²) in [5, 5.41) is 4.12. The van der Waals surface area contributed by atoms with Crippen molar-refractivity contribution >= 4 is 6.21 Å². The van der Waals surface area contributed by atoms with Gasteiger partial charge in [-0.25, -0.2) is 0 Å². The molecule has 4 rings (SSSR count). The van der Waals surface area contributed by atoms with Crippen molar-refractivity contribution in [3.05, 3.63) is 131 Å². The monoisotopic (exact) mass is 437 g/mol. The maximum absolute atomic E-state index is 6.11. The molecule has 166 valence electrons. The van der Waals surface area contributed by atoms with Crippen molar-refractivity contribution in [2.45, 2.75) is 26.7 Å². The third-order valence-corrected chi connectivity index (χ3v) is 5.07. The van der Waals surface area contributed by atoms with Gasteiger partial charge in [-0.3, -0.25) is 0 Å². The summed E-state index contributed by atoms with van der Waals surface area (Å²) in [5.41, 5.74) is 5.36. The molecule has 0 bridgehead atoms. The lowest BCUT2D eigenvalue weighted by molar-refractivity contribution is 0.132. The predicted octanol–water partition coefficient (Wildman–Crippen LogP) is 6.70. The van der Waals surface area contributed by atoms with Gasteiger partial charge in [-0.2, -0.15) is 0 Å². The van der Waals surface area contributed by atoms with Crippen LogP contribution in [0.3, 0.4) is 0 Å². The molecule has 0 aliphatic heterocycles. The van der Waals surface area contributed by atoms with Gasteiger partial charge in [-0.05, 0) is 41.8 Å². The van der Waals surface area contributed by atoms with Crippen molar-refractivity contribution in [1.82, 2.24) is 0 Å². The summed E-state index contributed by atoms with van der Waals surface area (Å²) in [6.07, 6.45) is 1.69. The average molecular weight is 438 g/mol. The second kappa shape index (κ2) is 11.5. The molecule has 0 saturated carbocycles. The largest absolute Gasteiger partial charge is 0.485 e. The lowest BCUT2D eigenvalue weighted by Gasteiger charge is -2.14. The van der Waals surface area contributed by atoms with E-state index in [9.17, 15) is 0 Å². The van der Waals surface area contributed by atoms with E-state index in [0.29, 0.717) is 31.3 Å². The highest BCUT2D eigenvalue weighted by molar-refractivity contribution is 5.80. The molecule has 0 N–H and O–H groups in total. The topological polar surface area (TPSA) is 40.0 Å². The first kappa shape index (κ1) is 22.2. The van der Waals surface area contributed by atoms with E-state index in [-0.39, 0.29) is 0 Å². The Morgan fingerprint density at radius 1 is 0.606 bits per heavy atom. The van der Waals surface area contributed by atoms with E-state index in [1.165, 1.54) is 5.56 Å². The molecule has 0 unspecified atom stereocenters. The summed E-state index contributed by atoms with van der Waals surface area (Å²) >= 11 is 0. The minimum absolute atomic E-state index is 0.423. The lowest BCUT2D eigenvalue weighted by Crippen LogP contribution is -2.01. The molecule has 4 aromatic rings. The van der Waals surface area contributed by atoms with Crippen LogP contribution in [0, 0.1) is 6.92 Å². The minimum atomic E-state index is 0.423. The zero-order valence-corrected chi connectivity index (χ0v) is 18.7. The van der Waals surface area contributed by atoms with Crippen LogP contribution in [0.4, 0.5) is 0 Å². The minimum Gasteiger partial charge on any atom is -0.485 e. The number of ether oxygens (including phenoxy) is 2. The van der Waals surface area contributed by atoms with Gasteiger partial charge in [-0.1, -0.05) is 95.6 Å². The zero-order chi connectivity index (χ0) is 22.7. The molecule has 0 saturated heterocycles. The van der Waals surface area contributed by atoms with E-state index in [4.69, 9.17) is 14.3 Å². The van der Waals surface area contributed by atoms with Crippen LogP contribution in [-0.4, -0.2) is 6.21 Å². The summed E-state index contributed by atoms with van der Waals surface area (Å²) in [4.78, 5) is 5.47. The number of benzene rings is 4. The number of aryl methyl sites for hydroxylation is 1. The standard InChI is InChI=1S/C29H27NO3/c1-23-12-14-26(15-13-23)22-33-30-19-27-16-17-28(31-20-24-8-4-2-5-9-24)29(18-27)32-21-25-10-6-3-7-11-25/h2-19H,20-22H2,1H3/b30-19+. The normalized spacial score (nSPS) is 10.8. The summed E-state index contributed by atoms with van der Waals surface area (Å²) in [5.74, 6) is 1.35. The number of rotatable bonds is 10. The SMILES string of the molecule is Cc1ccc(CO/N=C/c2ccc(OCc3ccccc3)c(OCc3ccccc3)c2)cc1. The molecule has 0 amide bonds. The van der Waals surface area contributed by atoms with Gasteiger partial charge in [0.25, 0.3) is 0 Å². The van der Waals surface area contributed by atoms with Crippen LogP contribution in [-0.2, 0) is 24.7 Å². The molecule has 4 aromatic carbocycles. The Balaban J connectivity index is 1.43. The first-order chi connectivity index (χ1) is 16.3. The first-order valence-electron chi connectivity index (χ1n) is 10.9. The summed E-state index contributed by atoms with van der Waals surface area (Å²) < 4.78 is 12.2.